The molecule has 1 aliphatic heterocycles. The molecule has 0 amide bonds. The smallest absolute Gasteiger partial charge is 0.146 e. The predicted octanol–water partition coefficient (Wildman–Crippen LogP) is 2.62. The summed E-state index contributed by atoms with van der Waals surface area (Å²) < 4.78 is 19.2. The van der Waals surface area contributed by atoms with Gasteiger partial charge in [0.15, 0.2) is 0 Å². The van der Waals surface area contributed by atoms with Crippen molar-refractivity contribution in [3.8, 4) is 11.1 Å². The number of benzene rings is 1. The fourth-order valence-corrected chi connectivity index (χ4v) is 3.11. The summed E-state index contributed by atoms with van der Waals surface area (Å²) in [5.74, 6) is 0.400. The lowest BCUT2D eigenvalue weighted by Gasteiger charge is -2.28. The van der Waals surface area contributed by atoms with Crippen LogP contribution < -0.4 is 16.4 Å². The number of hydrogen-bond donors (Lipinski definition) is 2. The summed E-state index contributed by atoms with van der Waals surface area (Å²) in [5, 5.41) is 0. The number of ether oxygens (including phenoxy) is 1. The third-order valence-electron chi connectivity index (χ3n) is 4.55. The number of aryl methyl sites for hydroxylation is 1. The molecule has 2 aromatic rings. The Morgan fingerprint density at radius 2 is 2.00 bits per heavy atom. The van der Waals surface area contributed by atoms with Gasteiger partial charge in [0.25, 0.3) is 0 Å². The summed E-state index contributed by atoms with van der Waals surface area (Å²) in [6.45, 7) is 4.67. The van der Waals surface area contributed by atoms with E-state index in [1.54, 1.807) is 19.3 Å². The first-order valence-corrected chi connectivity index (χ1v) is 8.78. The molecule has 1 aliphatic rings. The number of anilines is 2. The average Bonchev–Trinajstić information content (AvgIpc) is 2.69. The highest BCUT2D eigenvalue weighted by Crippen LogP contribution is 2.31. The number of pyridine rings is 1. The van der Waals surface area contributed by atoms with Crippen LogP contribution in [-0.4, -0.2) is 44.5 Å². The van der Waals surface area contributed by atoms with Crippen LogP contribution >= 0.6 is 0 Å². The van der Waals surface area contributed by atoms with Gasteiger partial charge in [0.2, 0.25) is 0 Å². The molecule has 0 radical (unpaired) electrons. The minimum Gasteiger partial charge on any atom is -0.404 e. The lowest BCUT2D eigenvalue weighted by atomic mass is 9.98. The number of allylic oxidation sites excluding steroid dienone is 1. The molecule has 1 aromatic heterocycles. The first-order valence-electron chi connectivity index (χ1n) is 8.78. The van der Waals surface area contributed by atoms with E-state index >= 15 is 0 Å². The fourth-order valence-electron chi connectivity index (χ4n) is 3.11. The zero-order chi connectivity index (χ0) is 19.4. The third kappa shape index (κ3) is 4.09. The summed E-state index contributed by atoms with van der Waals surface area (Å²) in [7, 11) is 1.68. The molecule has 0 saturated carbocycles. The zero-order valence-electron chi connectivity index (χ0n) is 15.6. The zero-order valence-corrected chi connectivity index (χ0v) is 15.6. The maximum absolute atomic E-state index is 13.8. The van der Waals surface area contributed by atoms with Gasteiger partial charge in [0.1, 0.15) is 11.6 Å². The van der Waals surface area contributed by atoms with E-state index in [1.165, 1.54) is 12.3 Å². The van der Waals surface area contributed by atoms with Gasteiger partial charge < -0.3 is 21.1 Å². The molecule has 27 heavy (non-hydrogen) atoms. The van der Waals surface area contributed by atoms with Crippen LogP contribution in [0, 0.1) is 12.7 Å². The molecule has 0 unspecified atom stereocenters. The Morgan fingerprint density at radius 1 is 1.26 bits per heavy atom. The number of hydrogen-bond acceptors (Lipinski definition) is 6. The maximum atomic E-state index is 13.8. The lowest BCUT2D eigenvalue weighted by molar-refractivity contribution is 0.122. The van der Waals surface area contributed by atoms with Gasteiger partial charge in [-0.2, -0.15) is 0 Å². The molecule has 6 nitrogen and oxygen atoms in total. The molecule has 142 valence electrons. The van der Waals surface area contributed by atoms with Crippen LogP contribution in [0.4, 0.5) is 15.9 Å². The van der Waals surface area contributed by atoms with E-state index in [1.807, 2.05) is 19.1 Å². The predicted molar refractivity (Wildman–Crippen MR) is 108 cm³/mol. The van der Waals surface area contributed by atoms with Gasteiger partial charge in [-0.1, -0.05) is 0 Å². The monoisotopic (exact) mass is 369 g/mol. The van der Waals surface area contributed by atoms with Crippen molar-refractivity contribution in [2.45, 2.75) is 6.92 Å². The van der Waals surface area contributed by atoms with Gasteiger partial charge >= 0.3 is 0 Å². The van der Waals surface area contributed by atoms with Crippen molar-refractivity contribution in [3.05, 3.63) is 47.5 Å². The summed E-state index contributed by atoms with van der Waals surface area (Å²) in [5.41, 5.74) is 15.7. The Bertz CT molecular complexity index is 888. The molecule has 0 aliphatic carbocycles. The fraction of sp³-hybridized carbons (Fsp3) is 0.300. The third-order valence-corrected chi connectivity index (χ3v) is 4.55. The van der Waals surface area contributed by atoms with Crippen molar-refractivity contribution in [2.24, 2.45) is 10.7 Å². The Labute approximate surface area is 158 Å². The number of aromatic nitrogens is 1. The number of aliphatic imine (C=N–C) groups is 1. The van der Waals surface area contributed by atoms with Gasteiger partial charge in [-0.15, -0.1) is 0 Å². The molecule has 2 heterocycles. The molecule has 7 heteroatoms. The SMILES string of the molecule is CN=C/C(=C\N)c1cc(-c2cc(N)c(F)cc2C)cc(N2CCOCC2)n1. The summed E-state index contributed by atoms with van der Waals surface area (Å²) in [6, 6.07) is 7.02. The average molecular weight is 369 g/mol. The van der Waals surface area contributed by atoms with E-state index in [0.717, 1.165) is 35.6 Å². The van der Waals surface area contributed by atoms with Crippen LogP contribution in [0.3, 0.4) is 0 Å². The standard InChI is InChI=1S/C20H24FN5O/c1-13-7-17(21)18(23)10-16(13)14-8-19(15(11-22)12-24-2)25-20(9-14)26-3-5-27-6-4-26/h7-12H,3-6,22-23H2,1-2H3/b15-11+,24-12?. The van der Waals surface area contributed by atoms with Crippen molar-refractivity contribution in [1.82, 2.24) is 4.98 Å². The van der Waals surface area contributed by atoms with Crippen molar-refractivity contribution in [1.29, 1.82) is 0 Å². The summed E-state index contributed by atoms with van der Waals surface area (Å²) in [6.07, 6.45) is 3.15. The molecule has 4 N–H and O–H groups in total. The summed E-state index contributed by atoms with van der Waals surface area (Å²) >= 11 is 0. The first-order chi connectivity index (χ1) is 13.0. The van der Waals surface area contributed by atoms with Crippen LogP contribution in [0.1, 0.15) is 11.3 Å². The van der Waals surface area contributed by atoms with Crippen molar-refractivity contribution in [3.63, 3.8) is 0 Å². The van der Waals surface area contributed by atoms with Crippen molar-refractivity contribution < 1.29 is 9.13 Å². The van der Waals surface area contributed by atoms with Gasteiger partial charge in [-0.25, -0.2) is 9.37 Å². The second-order valence-corrected chi connectivity index (χ2v) is 6.40. The van der Waals surface area contributed by atoms with E-state index in [9.17, 15) is 4.39 Å². The number of halogens is 1. The molecule has 0 spiro atoms. The van der Waals surface area contributed by atoms with Crippen molar-refractivity contribution >= 4 is 23.3 Å². The Balaban J connectivity index is 2.16. The van der Waals surface area contributed by atoms with Gasteiger partial charge in [0.05, 0.1) is 24.6 Å². The number of nitrogens with two attached hydrogens (primary N) is 2. The minimum absolute atomic E-state index is 0.117. The molecule has 1 fully saturated rings. The molecule has 0 bridgehead atoms. The quantitative estimate of drug-likeness (QED) is 0.639. The maximum Gasteiger partial charge on any atom is 0.146 e. The second kappa shape index (κ2) is 8.18. The second-order valence-electron chi connectivity index (χ2n) is 6.40. The molecule has 1 saturated heterocycles. The highest BCUT2D eigenvalue weighted by Gasteiger charge is 2.17. The van der Waals surface area contributed by atoms with E-state index in [4.69, 9.17) is 21.2 Å². The Hall–Kier alpha value is -2.93. The molecular weight excluding hydrogens is 345 g/mol. The number of rotatable bonds is 4. The number of nitrogen functional groups attached to an aromatic ring is 1. The van der Waals surface area contributed by atoms with E-state index in [-0.39, 0.29) is 5.69 Å². The highest BCUT2D eigenvalue weighted by atomic mass is 19.1. The molecule has 0 atom stereocenters. The van der Waals surface area contributed by atoms with Crippen LogP contribution in [-0.2, 0) is 4.74 Å². The van der Waals surface area contributed by atoms with Crippen LogP contribution in [0.2, 0.25) is 0 Å². The number of morpholine rings is 1. The minimum atomic E-state index is -0.417. The molecule has 1 aromatic carbocycles. The van der Waals surface area contributed by atoms with Crippen LogP contribution in [0.5, 0.6) is 0 Å². The van der Waals surface area contributed by atoms with E-state index in [0.29, 0.717) is 24.5 Å². The van der Waals surface area contributed by atoms with Crippen molar-refractivity contribution in [2.75, 3.05) is 44.0 Å². The van der Waals surface area contributed by atoms with E-state index in [2.05, 4.69) is 9.89 Å². The largest absolute Gasteiger partial charge is 0.404 e. The highest BCUT2D eigenvalue weighted by molar-refractivity contribution is 6.09. The summed E-state index contributed by atoms with van der Waals surface area (Å²) in [4.78, 5) is 11.0. The molecular formula is C20H24FN5O. The normalized spacial score (nSPS) is 15.5. The van der Waals surface area contributed by atoms with Gasteiger partial charge in [-0.3, -0.25) is 4.99 Å². The van der Waals surface area contributed by atoms with Crippen LogP contribution in [0.25, 0.3) is 16.7 Å². The van der Waals surface area contributed by atoms with Gasteiger partial charge in [0, 0.05) is 38.1 Å². The Kier molecular flexibility index (Phi) is 5.71. The topological polar surface area (TPSA) is 89.8 Å². The lowest BCUT2D eigenvalue weighted by Crippen LogP contribution is -2.36. The first kappa shape index (κ1) is 18.8. The Morgan fingerprint density at radius 3 is 2.67 bits per heavy atom. The molecule has 3 rings (SSSR count). The van der Waals surface area contributed by atoms with Crippen LogP contribution in [0.15, 0.2) is 35.5 Å². The van der Waals surface area contributed by atoms with E-state index < -0.39 is 5.82 Å². The number of nitrogens with zero attached hydrogens (tertiary/aromatic N) is 3. The van der Waals surface area contributed by atoms with Gasteiger partial charge in [-0.05, 0) is 47.9 Å².